The van der Waals surface area contributed by atoms with Crippen molar-refractivity contribution < 1.29 is 22.8 Å². The van der Waals surface area contributed by atoms with Crippen molar-refractivity contribution in [2.45, 2.75) is 63.3 Å². The number of sulfonamides is 1. The lowest BCUT2D eigenvalue weighted by molar-refractivity contribution is -0.141. The number of amides is 1. The first-order chi connectivity index (χ1) is 16.2. The molecule has 9 nitrogen and oxygen atoms in total. The predicted molar refractivity (Wildman–Crippen MR) is 126 cm³/mol. The number of Topliss-reactive ketones (excluding diaryl/α,β-unsaturated/α-hetero) is 2. The van der Waals surface area contributed by atoms with Gasteiger partial charge in [0.2, 0.25) is 15.8 Å². The number of carbonyl (C=O) groups is 3. The van der Waals surface area contributed by atoms with Crippen molar-refractivity contribution in [3.05, 3.63) is 47.8 Å². The minimum atomic E-state index is -3.92. The summed E-state index contributed by atoms with van der Waals surface area (Å²) in [6, 6.07) is 8.80. The van der Waals surface area contributed by atoms with Gasteiger partial charge in [-0.15, -0.1) is 0 Å². The number of H-pyrrole nitrogens is 1. The molecule has 0 aliphatic carbocycles. The summed E-state index contributed by atoms with van der Waals surface area (Å²) in [5, 5.41) is 9.77. The van der Waals surface area contributed by atoms with Gasteiger partial charge in [-0.3, -0.25) is 19.5 Å². The maximum Gasteiger partial charge on any atom is 0.287 e. The molecule has 1 aromatic carbocycles. The molecule has 2 aromatic rings. The molecule has 2 unspecified atom stereocenters. The number of hydrogen-bond donors (Lipinski definition) is 3. The van der Waals surface area contributed by atoms with Gasteiger partial charge in [-0.25, -0.2) is 13.1 Å². The highest BCUT2D eigenvalue weighted by atomic mass is 32.2. The van der Waals surface area contributed by atoms with Gasteiger partial charge in [0.05, 0.1) is 16.6 Å². The van der Waals surface area contributed by atoms with Crippen LogP contribution in [0.1, 0.15) is 50.9 Å². The topological polar surface area (TPSA) is 138 Å². The second-order valence-corrected chi connectivity index (χ2v) is 10.8. The van der Waals surface area contributed by atoms with E-state index in [2.05, 4.69) is 20.2 Å². The van der Waals surface area contributed by atoms with E-state index >= 15 is 0 Å². The van der Waals surface area contributed by atoms with Crippen LogP contribution >= 0.6 is 0 Å². The summed E-state index contributed by atoms with van der Waals surface area (Å²) in [7, 11) is -3.92. The van der Waals surface area contributed by atoms with E-state index in [1.807, 2.05) is 19.9 Å². The Labute approximate surface area is 200 Å². The number of benzene rings is 1. The number of carbonyl (C=O) groups excluding carboxylic acids is 3. The SMILES string of the molecule is CC(C)CC(NS(=O)(=O)c1ccccc1)C(=O)CC1CCCc2cc(n[nH]2)CCNC(=O)C1=O. The van der Waals surface area contributed by atoms with Crippen LogP contribution in [0.15, 0.2) is 41.3 Å². The summed E-state index contributed by atoms with van der Waals surface area (Å²) in [5.74, 6) is -2.53. The van der Waals surface area contributed by atoms with Gasteiger partial charge < -0.3 is 5.32 Å². The van der Waals surface area contributed by atoms with E-state index in [9.17, 15) is 22.8 Å². The number of hydrogen-bond acceptors (Lipinski definition) is 6. The summed E-state index contributed by atoms with van der Waals surface area (Å²) in [6.07, 6.45) is 2.15. The van der Waals surface area contributed by atoms with Crippen molar-refractivity contribution in [3.63, 3.8) is 0 Å². The molecule has 1 amide bonds. The lowest BCUT2D eigenvalue weighted by Crippen LogP contribution is -2.44. The predicted octanol–water partition coefficient (Wildman–Crippen LogP) is 1.94. The molecule has 0 saturated heterocycles. The average molecular weight is 489 g/mol. The summed E-state index contributed by atoms with van der Waals surface area (Å²) < 4.78 is 28.2. The molecule has 0 radical (unpaired) electrons. The molecule has 34 heavy (non-hydrogen) atoms. The molecule has 184 valence electrons. The molecule has 10 heteroatoms. The number of aromatic amines is 1. The minimum Gasteiger partial charge on any atom is -0.349 e. The van der Waals surface area contributed by atoms with Crippen molar-refractivity contribution in [1.82, 2.24) is 20.2 Å². The fraction of sp³-hybridized carbons (Fsp3) is 0.500. The molecule has 0 saturated carbocycles. The Morgan fingerprint density at radius 3 is 2.62 bits per heavy atom. The van der Waals surface area contributed by atoms with Gasteiger partial charge in [0, 0.05) is 31.0 Å². The molecule has 2 heterocycles. The van der Waals surface area contributed by atoms with Gasteiger partial charge in [-0.2, -0.15) is 5.10 Å². The lowest BCUT2D eigenvalue weighted by atomic mass is 9.87. The van der Waals surface area contributed by atoms with Gasteiger partial charge in [-0.05, 0) is 49.8 Å². The third-order valence-electron chi connectivity index (χ3n) is 5.84. The molecular weight excluding hydrogens is 456 g/mol. The molecule has 3 rings (SSSR count). The van der Waals surface area contributed by atoms with E-state index in [0.29, 0.717) is 25.7 Å². The van der Waals surface area contributed by atoms with Gasteiger partial charge in [0.25, 0.3) is 5.91 Å². The molecular formula is C24H32N4O5S. The number of fused-ring (bicyclic) bond motifs is 2. The molecule has 1 aromatic heterocycles. The number of rotatable bonds is 8. The minimum absolute atomic E-state index is 0.0392. The Morgan fingerprint density at radius 1 is 1.18 bits per heavy atom. The Bertz CT molecular complexity index is 1110. The summed E-state index contributed by atoms with van der Waals surface area (Å²) in [6.45, 7) is 4.05. The van der Waals surface area contributed by atoms with Crippen LogP contribution in [0.5, 0.6) is 0 Å². The third-order valence-corrected chi connectivity index (χ3v) is 7.33. The molecule has 2 atom stereocenters. The number of aryl methyl sites for hydroxylation is 1. The fourth-order valence-corrected chi connectivity index (χ4v) is 5.32. The molecule has 1 aliphatic rings. The van der Waals surface area contributed by atoms with Crippen molar-refractivity contribution >= 4 is 27.5 Å². The quantitative estimate of drug-likeness (QED) is 0.486. The Balaban J connectivity index is 1.76. The highest BCUT2D eigenvalue weighted by molar-refractivity contribution is 7.89. The first kappa shape index (κ1) is 25.8. The van der Waals surface area contributed by atoms with Crippen LogP contribution < -0.4 is 10.0 Å². The van der Waals surface area contributed by atoms with Gasteiger partial charge in [0.15, 0.2) is 5.78 Å². The van der Waals surface area contributed by atoms with Crippen LogP contribution in [0.3, 0.4) is 0 Å². The fourth-order valence-electron chi connectivity index (χ4n) is 4.06. The maximum atomic E-state index is 13.3. The highest BCUT2D eigenvalue weighted by Crippen LogP contribution is 2.20. The standard InChI is InChI=1S/C24H32N4O5S/c1-16(2)13-21(28-34(32,33)20-9-4-3-5-10-20)22(29)14-17-7-6-8-18-15-19(27-26-18)11-12-25-24(31)23(17)30/h3-5,9-10,15-17,21,28H,6-8,11-14H2,1-2H3,(H,25,31)(H,26,27). The Morgan fingerprint density at radius 2 is 1.91 bits per heavy atom. The van der Waals surface area contributed by atoms with Crippen molar-refractivity contribution in [2.75, 3.05) is 6.54 Å². The van der Waals surface area contributed by atoms with E-state index in [1.165, 1.54) is 12.1 Å². The number of nitrogens with one attached hydrogen (secondary N) is 3. The Kier molecular flexibility index (Phi) is 8.73. The second kappa shape index (κ2) is 11.5. The van der Waals surface area contributed by atoms with Gasteiger partial charge in [-0.1, -0.05) is 32.0 Å². The Hall–Kier alpha value is -2.85. The van der Waals surface area contributed by atoms with E-state index < -0.39 is 39.5 Å². The van der Waals surface area contributed by atoms with E-state index in [1.54, 1.807) is 18.2 Å². The molecule has 3 N–H and O–H groups in total. The van der Waals surface area contributed by atoms with Crippen molar-refractivity contribution in [3.8, 4) is 0 Å². The first-order valence-electron chi connectivity index (χ1n) is 11.6. The van der Waals surface area contributed by atoms with Crippen LogP contribution in [0, 0.1) is 11.8 Å². The van der Waals surface area contributed by atoms with Gasteiger partial charge >= 0.3 is 0 Å². The summed E-state index contributed by atoms with van der Waals surface area (Å²) in [4.78, 5) is 38.6. The number of aromatic nitrogens is 2. The molecule has 2 bridgehead atoms. The summed E-state index contributed by atoms with van der Waals surface area (Å²) in [5.41, 5.74) is 1.75. The average Bonchev–Trinajstić information content (AvgIpc) is 3.24. The van der Waals surface area contributed by atoms with E-state index in [4.69, 9.17) is 0 Å². The summed E-state index contributed by atoms with van der Waals surface area (Å²) >= 11 is 0. The van der Waals surface area contributed by atoms with Crippen LogP contribution in [0.2, 0.25) is 0 Å². The molecule has 0 spiro atoms. The lowest BCUT2D eigenvalue weighted by Gasteiger charge is -2.22. The smallest absolute Gasteiger partial charge is 0.287 e. The van der Waals surface area contributed by atoms with Crippen molar-refractivity contribution in [1.29, 1.82) is 0 Å². The highest BCUT2D eigenvalue weighted by Gasteiger charge is 2.32. The zero-order valence-corrected chi connectivity index (χ0v) is 20.4. The van der Waals surface area contributed by atoms with Crippen LogP contribution in [0.25, 0.3) is 0 Å². The number of nitrogens with zero attached hydrogens (tertiary/aromatic N) is 1. The monoisotopic (exact) mass is 488 g/mol. The largest absolute Gasteiger partial charge is 0.349 e. The van der Waals surface area contributed by atoms with Crippen LogP contribution in [0.4, 0.5) is 0 Å². The zero-order valence-electron chi connectivity index (χ0n) is 19.5. The second-order valence-electron chi connectivity index (χ2n) is 9.13. The van der Waals surface area contributed by atoms with Crippen molar-refractivity contribution in [2.24, 2.45) is 11.8 Å². The van der Waals surface area contributed by atoms with Crippen LogP contribution in [-0.4, -0.2) is 48.7 Å². The zero-order chi connectivity index (χ0) is 24.7. The number of ketones is 2. The van der Waals surface area contributed by atoms with E-state index in [0.717, 1.165) is 11.4 Å². The first-order valence-corrected chi connectivity index (χ1v) is 13.1. The molecule has 0 fully saturated rings. The van der Waals surface area contributed by atoms with E-state index in [-0.39, 0.29) is 30.2 Å². The normalized spacial score (nSPS) is 18.6. The van der Waals surface area contributed by atoms with Crippen LogP contribution in [-0.2, 0) is 37.2 Å². The molecule has 1 aliphatic heterocycles. The maximum absolute atomic E-state index is 13.3. The third kappa shape index (κ3) is 7.07. The van der Waals surface area contributed by atoms with Gasteiger partial charge in [0.1, 0.15) is 0 Å².